The van der Waals surface area contributed by atoms with Gasteiger partial charge in [-0.15, -0.1) is 0 Å². The molecule has 4 fully saturated rings. The number of aromatic nitrogens is 2. The molecule has 0 aliphatic carbocycles. The van der Waals surface area contributed by atoms with Crippen LogP contribution in [0.2, 0.25) is 0 Å². The summed E-state index contributed by atoms with van der Waals surface area (Å²) in [6.45, 7) is 5.31. The number of rotatable bonds is 11. The Bertz CT molecular complexity index is 3120. The number of nitrogens with zero attached hydrogens (tertiary/aromatic N) is 8. The highest BCUT2D eigenvalue weighted by Crippen LogP contribution is 2.36. The molecule has 4 aromatic carbocycles. The summed E-state index contributed by atoms with van der Waals surface area (Å²) in [5, 5.41) is 12.4. The lowest BCUT2D eigenvalue weighted by Crippen LogP contribution is -2.52. The molecule has 69 heavy (non-hydrogen) atoms. The summed E-state index contributed by atoms with van der Waals surface area (Å²) in [6.07, 6.45) is 2.50. The van der Waals surface area contributed by atoms with E-state index in [-0.39, 0.29) is 65.8 Å². The number of alkyl halides is 1. The third-order valence-corrected chi connectivity index (χ3v) is 15.3. The van der Waals surface area contributed by atoms with Crippen molar-refractivity contribution < 1.29 is 40.7 Å². The summed E-state index contributed by atoms with van der Waals surface area (Å²) < 4.78 is 80.8. The van der Waals surface area contributed by atoms with Crippen LogP contribution >= 0.6 is 0 Å². The smallest absolute Gasteiger partial charge is 0.301 e. The van der Waals surface area contributed by atoms with Crippen molar-refractivity contribution in [2.24, 2.45) is 5.92 Å². The normalized spacial score (nSPS) is 20.6. The van der Waals surface area contributed by atoms with Crippen molar-refractivity contribution in [2.75, 3.05) is 73.4 Å². The number of nitriles is 1. The number of fused-ring (bicyclic) bond motifs is 2. The fraction of sp³-hybridized carbons (Fsp3) is 0.375. The maximum absolute atomic E-state index is 15.9. The number of benzene rings is 4. The van der Waals surface area contributed by atoms with Gasteiger partial charge < -0.3 is 19.4 Å². The van der Waals surface area contributed by atoms with E-state index in [0.717, 1.165) is 73.3 Å². The van der Waals surface area contributed by atoms with Crippen molar-refractivity contribution in [2.45, 2.75) is 50.9 Å². The molecule has 3 amide bonds. The van der Waals surface area contributed by atoms with Gasteiger partial charge in [-0.25, -0.2) is 18.2 Å². The second-order valence-electron chi connectivity index (χ2n) is 18.1. The number of piperidine rings is 2. The average Bonchev–Trinajstić information content (AvgIpc) is 3.93. The molecular formula is C48H47F3N10O7S. The molecule has 1 aromatic heterocycles. The van der Waals surface area contributed by atoms with E-state index in [1.165, 1.54) is 35.2 Å². The lowest BCUT2D eigenvalue weighted by molar-refractivity contribution is -0.136. The molecule has 0 bridgehead atoms. The molecule has 1 unspecified atom stereocenters. The second-order valence-corrected chi connectivity index (χ2v) is 19.7. The second kappa shape index (κ2) is 18.5. The zero-order valence-electron chi connectivity index (χ0n) is 37.2. The molecule has 358 valence electrons. The van der Waals surface area contributed by atoms with E-state index < -0.39 is 56.8 Å². The molecule has 10 rings (SSSR count). The van der Waals surface area contributed by atoms with E-state index >= 15 is 8.78 Å². The summed E-state index contributed by atoms with van der Waals surface area (Å²) in [7, 11) is -4.27. The highest BCUT2D eigenvalue weighted by molar-refractivity contribution is 7.90. The molecule has 21 heteroatoms. The molecule has 5 aliphatic heterocycles. The number of anilines is 3. The van der Waals surface area contributed by atoms with Crippen molar-refractivity contribution in [3.05, 3.63) is 112 Å². The maximum atomic E-state index is 15.9. The van der Waals surface area contributed by atoms with Crippen LogP contribution in [0, 0.1) is 28.9 Å². The Morgan fingerprint density at radius 1 is 0.841 bits per heavy atom. The van der Waals surface area contributed by atoms with Crippen LogP contribution in [0.3, 0.4) is 0 Å². The minimum atomic E-state index is -4.27. The van der Waals surface area contributed by atoms with Gasteiger partial charge in [0.15, 0.2) is 11.6 Å². The van der Waals surface area contributed by atoms with Gasteiger partial charge in [-0.2, -0.15) is 18.0 Å². The van der Waals surface area contributed by atoms with Crippen molar-refractivity contribution >= 4 is 55.9 Å². The minimum absolute atomic E-state index is 0.0239. The Morgan fingerprint density at radius 2 is 1.62 bits per heavy atom. The summed E-state index contributed by atoms with van der Waals surface area (Å²) in [5.74, 6) is -2.57. The zero-order valence-corrected chi connectivity index (χ0v) is 38.1. The van der Waals surface area contributed by atoms with Gasteiger partial charge in [0.25, 0.3) is 11.5 Å². The third-order valence-electron chi connectivity index (χ3n) is 13.8. The monoisotopic (exact) mass is 964 g/mol. The van der Waals surface area contributed by atoms with Gasteiger partial charge in [-0.05, 0) is 97.8 Å². The Balaban J connectivity index is 0.746. The Hall–Kier alpha value is -7.02. The number of nitrogens with one attached hydrogen (secondary N) is 2. The Kier molecular flexibility index (Phi) is 12.2. The van der Waals surface area contributed by atoms with Crippen LogP contribution in [-0.2, 0) is 26.3 Å². The topological polar surface area (TPSA) is 194 Å². The first kappa shape index (κ1) is 45.7. The largest absolute Gasteiger partial charge is 0.453 e. The van der Waals surface area contributed by atoms with E-state index in [2.05, 4.69) is 30.9 Å². The van der Waals surface area contributed by atoms with E-state index in [0.29, 0.717) is 43.2 Å². The van der Waals surface area contributed by atoms with Gasteiger partial charge in [-0.1, -0.05) is 0 Å². The molecule has 5 aromatic rings. The van der Waals surface area contributed by atoms with E-state index in [1.54, 1.807) is 23.1 Å². The van der Waals surface area contributed by atoms with Gasteiger partial charge in [0, 0.05) is 89.2 Å². The quantitative estimate of drug-likeness (QED) is 0.172. The number of ether oxygens (including phenoxy) is 1. The van der Waals surface area contributed by atoms with Crippen molar-refractivity contribution in [1.82, 2.24) is 29.0 Å². The van der Waals surface area contributed by atoms with E-state index in [9.17, 15) is 37.2 Å². The maximum Gasteiger partial charge on any atom is 0.301 e. The van der Waals surface area contributed by atoms with Crippen LogP contribution in [0.5, 0.6) is 11.5 Å². The molecule has 17 nitrogen and oxygen atoms in total. The fourth-order valence-electron chi connectivity index (χ4n) is 10.00. The van der Waals surface area contributed by atoms with E-state index in [1.807, 2.05) is 17.0 Å². The first-order valence-corrected chi connectivity index (χ1v) is 24.3. The predicted molar refractivity (Wildman–Crippen MR) is 248 cm³/mol. The average molecular weight is 965 g/mol. The number of hydrogen-bond acceptors (Lipinski definition) is 12. The first-order valence-electron chi connectivity index (χ1n) is 22.9. The standard InChI is InChI=1S/C48H47F3N10O7S/c49-31-13-16-59(27-31)69(66,67)55-41-7-5-38(50)45(37(41)24-52)68-34-3-6-40-36(23-34)48(65)61(28-53-40)33-2-8-42(39(51)22-33)58-19-17-56(18-20-58)25-29-11-14-57(15-12-29)32-1-4-35-30(21-32)26-60(47(35)64)43-9-10-44(62)54-46(43)63/h1-8,21-23,28-29,31,43,55H,9-20,25-27H2,(H,54,62,63)/t31-,43?/m1/s1. The molecular weight excluding hydrogens is 918 g/mol. The van der Waals surface area contributed by atoms with Gasteiger partial charge in [-0.3, -0.25) is 38.7 Å². The van der Waals surface area contributed by atoms with Crippen molar-refractivity contribution in [3.63, 3.8) is 0 Å². The molecule has 4 saturated heterocycles. The summed E-state index contributed by atoms with van der Waals surface area (Å²) in [5.41, 5.74) is 2.12. The van der Waals surface area contributed by atoms with Crippen LogP contribution in [0.1, 0.15) is 53.6 Å². The lowest BCUT2D eigenvalue weighted by Gasteiger charge is -2.40. The minimum Gasteiger partial charge on any atom is -0.453 e. The number of imide groups is 1. The van der Waals surface area contributed by atoms with Crippen LogP contribution < -0.4 is 30.1 Å². The number of carbonyl (C=O) groups excluding carboxylic acids is 3. The zero-order chi connectivity index (χ0) is 48.1. The summed E-state index contributed by atoms with van der Waals surface area (Å²) >= 11 is 0. The molecule has 2 atom stereocenters. The number of hydrogen-bond donors (Lipinski definition) is 2. The fourth-order valence-corrected chi connectivity index (χ4v) is 11.3. The molecule has 0 saturated carbocycles. The predicted octanol–water partition coefficient (Wildman–Crippen LogP) is 4.83. The van der Waals surface area contributed by atoms with E-state index in [4.69, 9.17) is 4.74 Å². The Labute approximate surface area is 394 Å². The van der Waals surface area contributed by atoms with Crippen LogP contribution in [0.15, 0.2) is 77.9 Å². The lowest BCUT2D eigenvalue weighted by atomic mass is 9.95. The van der Waals surface area contributed by atoms with Gasteiger partial charge in [0.2, 0.25) is 11.8 Å². The highest BCUT2D eigenvalue weighted by atomic mass is 32.2. The van der Waals surface area contributed by atoms with Crippen molar-refractivity contribution in [3.8, 4) is 23.3 Å². The SMILES string of the molecule is N#Cc1c(NS(=O)(=O)N2CC[C@@H](F)C2)ccc(F)c1Oc1ccc2ncn(-c3ccc(N4CCN(CC5CCN(c6ccc7c(c6)CN(C6CCC(=O)NC6=O)C7=O)CC5)CC4)c(F)c3)c(=O)c2c1. The molecule has 2 N–H and O–H groups in total. The van der Waals surface area contributed by atoms with Crippen LogP contribution in [0.4, 0.5) is 30.2 Å². The molecule has 5 aliphatic rings. The van der Waals surface area contributed by atoms with Gasteiger partial charge in [0.05, 0.1) is 28.0 Å². The number of amides is 3. The number of carbonyl (C=O) groups is 3. The van der Waals surface area contributed by atoms with Crippen LogP contribution in [-0.4, -0.2) is 121 Å². The van der Waals surface area contributed by atoms with Gasteiger partial charge >= 0.3 is 10.2 Å². The molecule has 0 spiro atoms. The summed E-state index contributed by atoms with van der Waals surface area (Å²) in [4.78, 5) is 63.8. The summed E-state index contributed by atoms with van der Waals surface area (Å²) in [6, 6.07) is 17.7. The third kappa shape index (κ3) is 9.06. The Morgan fingerprint density at radius 3 is 2.35 bits per heavy atom. The number of halogens is 3. The molecule has 6 heterocycles. The first-order chi connectivity index (χ1) is 33.2. The van der Waals surface area contributed by atoms with Gasteiger partial charge in [0.1, 0.15) is 41.7 Å². The highest BCUT2D eigenvalue weighted by Gasteiger charge is 2.40. The van der Waals surface area contributed by atoms with Crippen LogP contribution in [0.25, 0.3) is 16.6 Å². The number of piperazine rings is 1. The van der Waals surface area contributed by atoms with Crippen molar-refractivity contribution in [1.29, 1.82) is 5.26 Å². The molecule has 0 radical (unpaired) electrons.